The summed E-state index contributed by atoms with van der Waals surface area (Å²) in [4.78, 5) is 14.5. The predicted molar refractivity (Wildman–Crippen MR) is 114 cm³/mol. The largest absolute Gasteiger partial charge is 0.484 e. The van der Waals surface area contributed by atoms with Crippen molar-refractivity contribution in [3.8, 4) is 5.75 Å². The van der Waals surface area contributed by atoms with Crippen molar-refractivity contribution in [2.45, 2.75) is 45.1 Å². The molecule has 30 heavy (non-hydrogen) atoms. The molecule has 0 bridgehead atoms. The standard InChI is InChI=1S/C20H27N3O5S2/c1-14(2)10-23(16-7-8-30(25,26)13-16)19(24)12-29-20-22-21-18(28-20)11-27-17-6-4-5-15(3)9-17/h4-6,9,14,16H,7-8,10-13H2,1-3H3. The number of benzene rings is 1. The van der Waals surface area contributed by atoms with Gasteiger partial charge < -0.3 is 14.1 Å². The van der Waals surface area contributed by atoms with Gasteiger partial charge in [0.15, 0.2) is 16.4 Å². The van der Waals surface area contributed by atoms with Crippen molar-refractivity contribution in [3.05, 3.63) is 35.7 Å². The highest BCUT2D eigenvalue weighted by molar-refractivity contribution is 7.99. The molecule has 3 rings (SSSR count). The molecular formula is C20H27N3O5S2. The van der Waals surface area contributed by atoms with Crippen LogP contribution in [0.25, 0.3) is 0 Å². The zero-order chi connectivity index (χ0) is 21.7. The quantitative estimate of drug-likeness (QED) is 0.534. The summed E-state index contributed by atoms with van der Waals surface area (Å²) in [7, 11) is -3.06. The van der Waals surface area contributed by atoms with Crippen LogP contribution >= 0.6 is 11.8 Å². The van der Waals surface area contributed by atoms with E-state index in [1.165, 1.54) is 0 Å². The zero-order valence-corrected chi connectivity index (χ0v) is 19.0. The number of ether oxygens (including phenoxy) is 1. The summed E-state index contributed by atoms with van der Waals surface area (Å²) >= 11 is 1.15. The van der Waals surface area contributed by atoms with Gasteiger partial charge in [0.2, 0.25) is 5.91 Å². The lowest BCUT2D eigenvalue weighted by Crippen LogP contribution is -2.44. The lowest BCUT2D eigenvalue weighted by molar-refractivity contribution is -0.130. The van der Waals surface area contributed by atoms with Crippen molar-refractivity contribution in [2.75, 3.05) is 23.8 Å². The third-order valence-electron chi connectivity index (χ3n) is 4.65. The third kappa shape index (κ3) is 6.46. The number of hydrogen-bond acceptors (Lipinski definition) is 8. The second-order valence-electron chi connectivity index (χ2n) is 7.85. The van der Waals surface area contributed by atoms with Gasteiger partial charge in [-0.15, -0.1) is 10.2 Å². The van der Waals surface area contributed by atoms with Crippen LogP contribution in [0.4, 0.5) is 0 Å². The SMILES string of the molecule is Cc1cccc(OCc2nnc(SCC(=O)N(CC(C)C)C3CCS(=O)(=O)C3)o2)c1. The molecule has 0 aliphatic carbocycles. The molecular weight excluding hydrogens is 426 g/mol. The molecule has 1 aromatic carbocycles. The van der Waals surface area contributed by atoms with Gasteiger partial charge in [0.1, 0.15) is 5.75 Å². The fourth-order valence-electron chi connectivity index (χ4n) is 3.28. The van der Waals surface area contributed by atoms with Gasteiger partial charge in [-0.25, -0.2) is 8.42 Å². The second kappa shape index (κ2) is 9.82. The first-order valence-electron chi connectivity index (χ1n) is 9.86. The predicted octanol–water partition coefficient (Wildman–Crippen LogP) is 2.72. The summed E-state index contributed by atoms with van der Waals surface area (Å²) in [5, 5.41) is 8.20. The maximum Gasteiger partial charge on any atom is 0.277 e. The van der Waals surface area contributed by atoms with E-state index in [4.69, 9.17) is 9.15 Å². The van der Waals surface area contributed by atoms with Crippen LogP contribution in [0.2, 0.25) is 0 Å². The fraction of sp³-hybridized carbons (Fsp3) is 0.550. The maximum absolute atomic E-state index is 12.8. The molecule has 1 unspecified atom stereocenters. The number of amides is 1. The average molecular weight is 454 g/mol. The Morgan fingerprint density at radius 1 is 1.37 bits per heavy atom. The molecule has 1 aliphatic heterocycles. The smallest absolute Gasteiger partial charge is 0.277 e. The van der Waals surface area contributed by atoms with Crippen LogP contribution in [0, 0.1) is 12.8 Å². The number of carbonyl (C=O) groups is 1. The van der Waals surface area contributed by atoms with Crippen molar-refractivity contribution >= 4 is 27.5 Å². The monoisotopic (exact) mass is 453 g/mol. The van der Waals surface area contributed by atoms with E-state index in [0.29, 0.717) is 24.6 Å². The summed E-state index contributed by atoms with van der Waals surface area (Å²) in [6.07, 6.45) is 0.493. The molecule has 1 aromatic heterocycles. The number of carbonyl (C=O) groups excluding carboxylic acids is 1. The molecule has 1 amide bonds. The highest BCUT2D eigenvalue weighted by atomic mass is 32.2. The number of hydrogen-bond donors (Lipinski definition) is 0. The number of rotatable bonds is 9. The minimum atomic E-state index is -3.06. The molecule has 8 nitrogen and oxygen atoms in total. The number of nitrogens with zero attached hydrogens (tertiary/aromatic N) is 3. The van der Waals surface area contributed by atoms with Gasteiger partial charge >= 0.3 is 0 Å². The van der Waals surface area contributed by atoms with Crippen molar-refractivity contribution in [1.29, 1.82) is 0 Å². The van der Waals surface area contributed by atoms with Gasteiger partial charge in [0.25, 0.3) is 11.1 Å². The van der Waals surface area contributed by atoms with Gasteiger partial charge in [0.05, 0.1) is 17.3 Å². The van der Waals surface area contributed by atoms with E-state index in [-0.39, 0.29) is 47.0 Å². The van der Waals surface area contributed by atoms with Crippen LogP contribution in [-0.4, -0.2) is 59.3 Å². The van der Waals surface area contributed by atoms with Crippen LogP contribution in [-0.2, 0) is 21.2 Å². The Balaban J connectivity index is 1.54. The summed E-state index contributed by atoms with van der Waals surface area (Å²) in [5.74, 6) is 1.46. The lowest BCUT2D eigenvalue weighted by Gasteiger charge is -2.29. The van der Waals surface area contributed by atoms with E-state index >= 15 is 0 Å². The Morgan fingerprint density at radius 3 is 2.83 bits per heavy atom. The zero-order valence-electron chi connectivity index (χ0n) is 17.4. The Hall–Kier alpha value is -2.07. The Bertz CT molecular complexity index is 974. The molecule has 1 saturated heterocycles. The van der Waals surface area contributed by atoms with Crippen molar-refractivity contribution in [2.24, 2.45) is 5.92 Å². The van der Waals surface area contributed by atoms with Crippen molar-refractivity contribution in [3.63, 3.8) is 0 Å². The maximum atomic E-state index is 12.8. The molecule has 0 spiro atoms. The van der Waals surface area contributed by atoms with Gasteiger partial charge in [-0.3, -0.25) is 4.79 Å². The van der Waals surface area contributed by atoms with Crippen LogP contribution in [0.15, 0.2) is 33.9 Å². The molecule has 2 heterocycles. The van der Waals surface area contributed by atoms with E-state index in [0.717, 1.165) is 17.3 Å². The van der Waals surface area contributed by atoms with E-state index in [9.17, 15) is 13.2 Å². The fourth-order valence-corrected chi connectivity index (χ4v) is 5.68. The van der Waals surface area contributed by atoms with Gasteiger partial charge in [-0.1, -0.05) is 37.7 Å². The van der Waals surface area contributed by atoms with E-state index in [2.05, 4.69) is 10.2 Å². The number of aromatic nitrogens is 2. The Labute approximate surface area is 181 Å². The van der Waals surface area contributed by atoms with Gasteiger partial charge in [-0.05, 0) is 37.0 Å². The molecule has 2 aromatic rings. The normalized spacial score (nSPS) is 17.9. The third-order valence-corrected chi connectivity index (χ3v) is 7.20. The summed E-state index contributed by atoms with van der Waals surface area (Å²) in [6, 6.07) is 7.40. The van der Waals surface area contributed by atoms with Crippen molar-refractivity contribution < 1.29 is 22.4 Å². The Kier molecular flexibility index (Phi) is 7.41. The van der Waals surface area contributed by atoms with Crippen LogP contribution < -0.4 is 4.74 Å². The summed E-state index contributed by atoms with van der Waals surface area (Å²) < 4.78 is 34.9. The lowest BCUT2D eigenvalue weighted by atomic mass is 10.1. The highest BCUT2D eigenvalue weighted by Gasteiger charge is 2.34. The summed E-state index contributed by atoms with van der Waals surface area (Å²) in [6.45, 7) is 6.67. The highest BCUT2D eigenvalue weighted by Crippen LogP contribution is 2.23. The minimum Gasteiger partial charge on any atom is -0.484 e. The average Bonchev–Trinajstić information content (AvgIpc) is 3.28. The van der Waals surface area contributed by atoms with Gasteiger partial charge in [0, 0.05) is 12.6 Å². The van der Waals surface area contributed by atoms with E-state index in [1.807, 2.05) is 45.0 Å². The molecule has 1 aliphatic rings. The molecule has 0 saturated carbocycles. The van der Waals surface area contributed by atoms with Crippen LogP contribution in [0.3, 0.4) is 0 Å². The number of thioether (sulfide) groups is 1. The second-order valence-corrected chi connectivity index (χ2v) is 11.0. The van der Waals surface area contributed by atoms with Crippen molar-refractivity contribution in [1.82, 2.24) is 15.1 Å². The van der Waals surface area contributed by atoms with Crippen LogP contribution in [0.1, 0.15) is 31.7 Å². The first kappa shape index (κ1) is 22.6. The molecule has 0 N–H and O–H groups in total. The number of sulfone groups is 1. The molecule has 1 fully saturated rings. The molecule has 1 atom stereocenters. The molecule has 164 valence electrons. The van der Waals surface area contributed by atoms with E-state index < -0.39 is 9.84 Å². The van der Waals surface area contributed by atoms with E-state index in [1.54, 1.807) is 4.90 Å². The number of aryl methyl sites for hydroxylation is 1. The first-order chi connectivity index (χ1) is 14.2. The molecule has 10 heteroatoms. The van der Waals surface area contributed by atoms with Gasteiger partial charge in [-0.2, -0.15) is 0 Å². The summed E-state index contributed by atoms with van der Waals surface area (Å²) in [5.41, 5.74) is 1.09. The van der Waals surface area contributed by atoms with Crippen LogP contribution in [0.5, 0.6) is 5.75 Å². The molecule has 0 radical (unpaired) electrons. The minimum absolute atomic E-state index is 0.0388. The topological polar surface area (TPSA) is 103 Å². The Morgan fingerprint density at radius 2 is 2.17 bits per heavy atom. The first-order valence-corrected chi connectivity index (χ1v) is 12.7.